The Morgan fingerprint density at radius 3 is 2.30 bits per heavy atom. The second kappa shape index (κ2) is 9.03. The van der Waals surface area contributed by atoms with E-state index in [9.17, 15) is 0 Å². The Hall–Kier alpha value is -2.35. The van der Waals surface area contributed by atoms with Crippen LogP contribution in [0.2, 0.25) is 0 Å². The molecule has 1 aromatic heterocycles. The number of aryl methyl sites for hydroxylation is 1. The first kappa shape index (κ1) is 19.4. The van der Waals surface area contributed by atoms with Gasteiger partial charge in [-0.2, -0.15) is 0 Å². The van der Waals surface area contributed by atoms with Gasteiger partial charge in [-0.1, -0.05) is 87.9 Å². The molecule has 2 aromatic carbocycles. The number of rotatable bonds is 9. The fraction of sp³-hybridized carbons (Fsp3) is 0.400. The van der Waals surface area contributed by atoms with Gasteiger partial charge < -0.3 is 0 Å². The number of aromatic amines is 1. The van der Waals surface area contributed by atoms with Crippen LogP contribution in [0, 0.1) is 0 Å². The summed E-state index contributed by atoms with van der Waals surface area (Å²) in [5.74, 6) is 1.70. The van der Waals surface area contributed by atoms with Gasteiger partial charge in [-0.15, -0.1) is 0 Å². The molecular weight excluding hydrogens is 328 g/mol. The number of benzene rings is 2. The van der Waals surface area contributed by atoms with Crippen LogP contribution in [0.5, 0.6) is 0 Å². The van der Waals surface area contributed by atoms with Crippen molar-refractivity contribution in [2.24, 2.45) is 0 Å². The number of nitrogens with zero attached hydrogens (tertiary/aromatic N) is 1. The molecule has 3 aromatic rings. The van der Waals surface area contributed by atoms with Crippen molar-refractivity contribution < 1.29 is 4.57 Å². The molecule has 3 rings (SSSR count). The van der Waals surface area contributed by atoms with Gasteiger partial charge in [0.15, 0.2) is 0 Å². The van der Waals surface area contributed by atoms with Gasteiger partial charge in [-0.3, -0.25) is 0 Å². The summed E-state index contributed by atoms with van der Waals surface area (Å²) < 4.78 is 2.42. The van der Waals surface area contributed by atoms with E-state index in [1.807, 2.05) is 0 Å². The molecule has 0 saturated heterocycles. The van der Waals surface area contributed by atoms with E-state index in [-0.39, 0.29) is 5.41 Å². The lowest BCUT2D eigenvalue weighted by Gasteiger charge is -2.34. The van der Waals surface area contributed by atoms with Crippen molar-refractivity contribution in [1.29, 1.82) is 0 Å². The van der Waals surface area contributed by atoms with E-state index in [1.54, 1.807) is 0 Å². The fourth-order valence-electron chi connectivity index (χ4n) is 4.12. The highest BCUT2D eigenvalue weighted by molar-refractivity contribution is 5.32. The largest absolute Gasteiger partial charge is 0.257 e. The third-order valence-electron chi connectivity index (χ3n) is 6.01. The normalized spacial score (nSPS) is 14.6. The molecule has 2 unspecified atom stereocenters. The van der Waals surface area contributed by atoms with Crippen LogP contribution >= 0.6 is 0 Å². The molecule has 0 amide bonds. The molecule has 1 heterocycles. The van der Waals surface area contributed by atoms with E-state index in [0.29, 0.717) is 5.92 Å². The first-order valence-electron chi connectivity index (χ1n) is 10.3. The summed E-state index contributed by atoms with van der Waals surface area (Å²) in [4.78, 5) is 3.56. The molecule has 2 heteroatoms. The number of nitrogens with one attached hydrogen (secondary N) is 1. The van der Waals surface area contributed by atoms with Gasteiger partial charge >= 0.3 is 0 Å². The lowest BCUT2D eigenvalue weighted by Crippen LogP contribution is -2.42. The second-order valence-electron chi connectivity index (χ2n) is 7.91. The van der Waals surface area contributed by atoms with Gasteiger partial charge in [-0.25, -0.2) is 9.55 Å². The number of hydrogen-bond acceptors (Lipinski definition) is 0. The molecule has 0 saturated carbocycles. The number of H-pyrrole nitrogens is 1. The standard InChI is InChI=1S/C25H32N2/c1-4-5-12-18-27-19-17-26-24(27)21(2)25(3,23-15-10-7-11-16-23)20-22-13-8-6-9-14-22/h6-11,13-17,19,21H,4-5,12,18,20H2,1-3H3/p+1. The predicted octanol–water partition coefficient (Wildman–Crippen LogP) is 5.80. The van der Waals surface area contributed by atoms with Crippen molar-refractivity contribution in [3.8, 4) is 0 Å². The molecule has 2 atom stereocenters. The molecule has 0 spiro atoms. The van der Waals surface area contributed by atoms with E-state index in [2.05, 4.69) is 103 Å². The zero-order valence-electron chi connectivity index (χ0n) is 17.0. The highest BCUT2D eigenvalue weighted by atomic mass is 15.1. The van der Waals surface area contributed by atoms with E-state index < -0.39 is 0 Å². The average molecular weight is 362 g/mol. The Morgan fingerprint density at radius 1 is 0.963 bits per heavy atom. The first-order valence-corrected chi connectivity index (χ1v) is 10.3. The maximum atomic E-state index is 3.56. The van der Waals surface area contributed by atoms with Crippen molar-refractivity contribution in [3.05, 3.63) is 90.0 Å². The van der Waals surface area contributed by atoms with E-state index >= 15 is 0 Å². The van der Waals surface area contributed by atoms with Crippen LogP contribution < -0.4 is 4.57 Å². The van der Waals surface area contributed by atoms with Gasteiger partial charge in [0.05, 0.1) is 12.5 Å². The maximum absolute atomic E-state index is 3.56. The third kappa shape index (κ3) is 4.50. The summed E-state index contributed by atoms with van der Waals surface area (Å²) in [5.41, 5.74) is 2.80. The van der Waals surface area contributed by atoms with Gasteiger partial charge in [0.2, 0.25) is 0 Å². The molecule has 0 fully saturated rings. The zero-order chi connectivity index (χ0) is 19.1. The quantitative estimate of drug-likeness (QED) is 0.367. The summed E-state index contributed by atoms with van der Waals surface area (Å²) in [7, 11) is 0. The summed E-state index contributed by atoms with van der Waals surface area (Å²) >= 11 is 0. The van der Waals surface area contributed by atoms with Gasteiger partial charge in [0.1, 0.15) is 12.4 Å². The van der Waals surface area contributed by atoms with Crippen molar-refractivity contribution >= 4 is 0 Å². The Balaban J connectivity index is 1.95. The summed E-state index contributed by atoms with van der Waals surface area (Å²) in [6.07, 6.45) is 9.09. The van der Waals surface area contributed by atoms with Gasteiger partial charge in [0.25, 0.3) is 5.82 Å². The molecule has 0 radical (unpaired) electrons. The Labute approximate surface area is 164 Å². The molecule has 27 heavy (non-hydrogen) atoms. The van der Waals surface area contributed by atoms with Crippen molar-refractivity contribution in [2.75, 3.05) is 0 Å². The third-order valence-corrected chi connectivity index (χ3v) is 6.01. The molecule has 0 bridgehead atoms. The van der Waals surface area contributed by atoms with E-state index in [1.165, 1.54) is 36.2 Å². The molecule has 142 valence electrons. The summed E-state index contributed by atoms with van der Waals surface area (Å²) in [5, 5.41) is 0. The molecule has 0 aliphatic heterocycles. The Morgan fingerprint density at radius 2 is 1.63 bits per heavy atom. The molecule has 1 N–H and O–H groups in total. The van der Waals surface area contributed by atoms with Crippen LogP contribution in [-0.2, 0) is 18.4 Å². The monoisotopic (exact) mass is 361 g/mol. The lowest BCUT2D eigenvalue weighted by atomic mass is 9.68. The van der Waals surface area contributed by atoms with E-state index in [4.69, 9.17) is 0 Å². The summed E-state index contributed by atoms with van der Waals surface area (Å²) in [6.45, 7) is 8.14. The molecule has 0 aliphatic rings. The molecule has 2 nitrogen and oxygen atoms in total. The predicted molar refractivity (Wildman–Crippen MR) is 113 cm³/mol. The number of aromatic nitrogens is 2. The Kier molecular flexibility index (Phi) is 6.49. The lowest BCUT2D eigenvalue weighted by molar-refractivity contribution is -0.705. The number of hydrogen-bond donors (Lipinski definition) is 1. The fourth-order valence-corrected chi connectivity index (χ4v) is 4.12. The maximum Gasteiger partial charge on any atom is 0.257 e. The minimum absolute atomic E-state index is 0.0139. The van der Waals surface area contributed by atoms with Crippen LogP contribution in [0.1, 0.15) is 62.9 Å². The van der Waals surface area contributed by atoms with Gasteiger partial charge in [-0.05, 0) is 30.4 Å². The summed E-state index contributed by atoms with van der Waals surface area (Å²) in [6, 6.07) is 21.9. The topological polar surface area (TPSA) is 19.7 Å². The minimum Gasteiger partial charge on any atom is -0.247 e. The van der Waals surface area contributed by atoms with Crippen LogP contribution in [0.3, 0.4) is 0 Å². The highest BCUT2D eigenvalue weighted by Crippen LogP contribution is 2.40. The number of imidazole rings is 1. The highest BCUT2D eigenvalue weighted by Gasteiger charge is 2.39. The minimum atomic E-state index is 0.0139. The Bertz CT molecular complexity index is 807. The molecular formula is C25H33N2+. The average Bonchev–Trinajstić information content (AvgIpc) is 3.17. The van der Waals surface area contributed by atoms with Crippen LogP contribution in [0.15, 0.2) is 73.1 Å². The SMILES string of the molecule is CCCCC[n+]1cc[nH]c1C(C)C(C)(Cc1ccccc1)c1ccccc1. The van der Waals surface area contributed by atoms with Crippen LogP contribution in [-0.4, -0.2) is 4.98 Å². The second-order valence-corrected chi connectivity index (χ2v) is 7.91. The smallest absolute Gasteiger partial charge is 0.247 e. The zero-order valence-corrected chi connectivity index (χ0v) is 17.0. The number of unbranched alkanes of at least 4 members (excludes halogenated alkanes) is 2. The van der Waals surface area contributed by atoms with Gasteiger partial charge in [0, 0.05) is 5.41 Å². The first-order chi connectivity index (χ1) is 13.1. The van der Waals surface area contributed by atoms with Crippen LogP contribution in [0.4, 0.5) is 0 Å². The molecule has 0 aliphatic carbocycles. The van der Waals surface area contributed by atoms with Crippen LogP contribution in [0.25, 0.3) is 0 Å². The van der Waals surface area contributed by atoms with E-state index in [0.717, 1.165) is 13.0 Å². The van der Waals surface area contributed by atoms with Crippen molar-refractivity contribution in [1.82, 2.24) is 4.98 Å². The van der Waals surface area contributed by atoms with Crippen molar-refractivity contribution in [2.45, 2.75) is 64.3 Å². The van der Waals surface area contributed by atoms with Crippen molar-refractivity contribution in [3.63, 3.8) is 0 Å².